The minimum absolute atomic E-state index is 0.148. The SMILES string of the molecule is Cc1ccc(NC(=O)/C=C/c2cnc3ccccc3n2)c(F)c1. The zero-order valence-corrected chi connectivity index (χ0v) is 12.5. The van der Waals surface area contributed by atoms with Gasteiger partial charge in [-0.3, -0.25) is 9.78 Å². The third-order valence-corrected chi connectivity index (χ3v) is 3.26. The van der Waals surface area contributed by atoms with Crippen molar-refractivity contribution in [3.63, 3.8) is 0 Å². The van der Waals surface area contributed by atoms with E-state index in [1.54, 1.807) is 25.3 Å². The summed E-state index contributed by atoms with van der Waals surface area (Å²) in [5.74, 6) is -0.889. The number of rotatable bonds is 3. The van der Waals surface area contributed by atoms with E-state index < -0.39 is 11.7 Å². The fourth-order valence-electron chi connectivity index (χ4n) is 2.11. The molecule has 0 aliphatic heterocycles. The van der Waals surface area contributed by atoms with Crippen LogP contribution in [0.5, 0.6) is 0 Å². The average Bonchev–Trinajstić information content (AvgIpc) is 2.55. The van der Waals surface area contributed by atoms with E-state index in [0.29, 0.717) is 5.69 Å². The van der Waals surface area contributed by atoms with Crippen LogP contribution in [0.2, 0.25) is 0 Å². The third kappa shape index (κ3) is 3.58. The van der Waals surface area contributed by atoms with Crippen molar-refractivity contribution in [3.05, 3.63) is 71.8 Å². The fraction of sp³-hybridized carbons (Fsp3) is 0.0556. The smallest absolute Gasteiger partial charge is 0.248 e. The van der Waals surface area contributed by atoms with Gasteiger partial charge in [-0.05, 0) is 42.8 Å². The van der Waals surface area contributed by atoms with E-state index in [4.69, 9.17) is 0 Å². The highest BCUT2D eigenvalue weighted by molar-refractivity contribution is 6.01. The Hall–Kier alpha value is -3.08. The number of aromatic nitrogens is 2. The molecule has 3 aromatic rings. The van der Waals surface area contributed by atoms with Crippen LogP contribution >= 0.6 is 0 Å². The number of aryl methyl sites for hydroxylation is 1. The molecule has 3 rings (SSSR count). The number of fused-ring (bicyclic) bond motifs is 1. The first kappa shape index (κ1) is 14.8. The maximum Gasteiger partial charge on any atom is 0.248 e. The van der Waals surface area contributed by atoms with E-state index in [1.807, 2.05) is 24.3 Å². The summed E-state index contributed by atoms with van der Waals surface area (Å²) in [6.45, 7) is 1.78. The Labute approximate surface area is 132 Å². The van der Waals surface area contributed by atoms with E-state index in [-0.39, 0.29) is 5.69 Å². The zero-order valence-electron chi connectivity index (χ0n) is 12.5. The molecule has 5 heteroatoms. The number of nitrogens with one attached hydrogen (secondary N) is 1. The minimum atomic E-state index is -0.461. The predicted octanol–water partition coefficient (Wildman–Crippen LogP) is 3.73. The summed E-state index contributed by atoms with van der Waals surface area (Å²) >= 11 is 0. The second-order valence-corrected chi connectivity index (χ2v) is 5.09. The molecule has 0 unspecified atom stereocenters. The van der Waals surface area contributed by atoms with Crippen molar-refractivity contribution in [1.29, 1.82) is 0 Å². The molecule has 0 atom stereocenters. The van der Waals surface area contributed by atoms with Gasteiger partial charge in [0.1, 0.15) is 5.82 Å². The Morgan fingerprint density at radius 1 is 1.17 bits per heavy atom. The molecule has 2 aromatic carbocycles. The van der Waals surface area contributed by atoms with E-state index in [9.17, 15) is 9.18 Å². The standard InChI is InChI=1S/C18H14FN3O/c1-12-6-8-15(14(19)10-12)22-18(23)9-7-13-11-20-16-4-2-3-5-17(16)21-13/h2-11H,1H3,(H,22,23)/b9-7+. The lowest BCUT2D eigenvalue weighted by atomic mass is 10.2. The highest BCUT2D eigenvalue weighted by atomic mass is 19.1. The summed E-state index contributed by atoms with van der Waals surface area (Å²) in [7, 11) is 0. The van der Waals surface area contributed by atoms with Gasteiger partial charge in [0.2, 0.25) is 5.91 Å². The Balaban J connectivity index is 1.74. The molecule has 114 valence electrons. The van der Waals surface area contributed by atoms with Crippen molar-refractivity contribution in [3.8, 4) is 0 Å². The van der Waals surface area contributed by atoms with E-state index in [0.717, 1.165) is 16.6 Å². The topological polar surface area (TPSA) is 54.9 Å². The molecular formula is C18H14FN3O. The third-order valence-electron chi connectivity index (χ3n) is 3.26. The highest BCUT2D eigenvalue weighted by Gasteiger charge is 2.04. The zero-order chi connectivity index (χ0) is 16.2. The highest BCUT2D eigenvalue weighted by Crippen LogP contribution is 2.15. The van der Waals surface area contributed by atoms with Crippen molar-refractivity contribution >= 4 is 28.7 Å². The number of hydrogen-bond donors (Lipinski definition) is 1. The van der Waals surface area contributed by atoms with Crippen LogP contribution in [-0.2, 0) is 4.79 Å². The number of anilines is 1. The molecule has 0 fully saturated rings. The molecule has 1 heterocycles. The van der Waals surface area contributed by atoms with Crippen molar-refractivity contribution in [1.82, 2.24) is 9.97 Å². The largest absolute Gasteiger partial charge is 0.320 e. The molecule has 0 spiro atoms. The minimum Gasteiger partial charge on any atom is -0.320 e. The van der Waals surface area contributed by atoms with Crippen LogP contribution in [-0.4, -0.2) is 15.9 Å². The molecule has 0 saturated heterocycles. The number of carbonyl (C=O) groups is 1. The van der Waals surface area contributed by atoms with Crippen molar-refractivity contribution < 1.29 is 9.18 Å². The second kappa shape index (κ2) is 6.36. The average molecular weight is 307 g/mol. The summed E-state index contributed by atoms with van der Waals surface area (Å²) in [4.78, 5) is 20.5. The number of benzene rings is 2. The summed E-state index contributed by atoms with van der Waals surface area (Å²) < 4.78 is 13.7. The first-order valence-electron chi connectivity index (χ1n) is 7.09. The van der Waals surface area contributed by atoms with Crippen LogP contribution in [0.3, 0.4) is 0 Å². The van der Waals surface area contributed by atoms with Crippen LogP contribution in [0.15, 0.2) is 54.7 Å². The van der Waals surface area contributed by atoms with Gasteiger partial charge in [-0.25, -0.2) is 9.37 Å². The molecule has 0 radical (unpaired) electrons. The van der Waals surface area contributed by atoms with E-state index in [2.05, 4.69) is 15.3 Å². The molecule has 23 heavy (non-hydrogen) atoms. The monoisotopic (exact) mass is 307 g/mol. The van der Waals surface area contributed by atoms with Crippen LogP contribution in [0.25, 0.3) is 17.1 Å². The predicted molar refractivity (Wildman–Crippen MR) is 88.3 cm³/mol. The summed E-state index contributed by atoms with van der Waals surface area (Å²) in [5, 5.41) is 2.50. The number of amides is 1. The van der Waals surface area contributed by atoms with Gasteiger partial charge in [-0.1, -0.05) is 18.2 Å². The Bertz CT molecular complexity index is 906. The molecule has 1 aromatic heterocycles. The number of nitrogens with zero attached hydrogens (tertiary/aromatic N) is 2. The second-order valence-electron chi connectivity index (χ2n) is 5.09. The van der Waals surface area contributed by atoms with Gasteiger partial charge in [0.05, 0.1) is 28.6 Å². The van der Waals surface area contributed by atoms with Crippen molar-refractivity contribution in [2.75, 3.05) is 5.32 Å². The molecular weight excluding hydrogens is 293 g/mol. The Morgan fingerprint density at radius 3 is 2.74 bits per heavy atom. The quantitative estimate of drug-likeness (QED) is 0.750. The lowest BCUT2D eigenvalue weighted by Gasteiger charge is -2.04. The van der Waals surface area contributed by atoms with Gasteiger partial charge in [0, 0.05) is 6.08 Å². The first-order valence-corrected chi connectivity index (χ1v) is 7.09. The molecule has 0 bridgehead atoms. The van der Waals surface area contributed by atoms with Crippen LogP contribution in [0.4, 0.5) is 10.1 Å². The van der Waals surface area contributed by atoms with Gasteiger partial charge in [-0.2, -0.15) is 0 Å². The summed E-state index contributed by atoms with van der Waals surface area (Å²) in [6, 6.07) is 12.1. The maximum absolute atomic E-state index is 13.7. The molecule has 1 N–H and O–H groups in total. The van der Waals surface area contributed by atoms with Crippen LogP contribution in [0, 0.1) is 12.7 Å². The summed E-state index contributed by atoms with van der Waals surface area (Å²) in [5.41, 5.74) is 3.04. The van der Waals surface area contributed by atoms with Crippen molar-refractivity contribution in [2.45, 2.75) is 6.92 Å². The lowest BCUT2D eigenvalue weighted by Crippen LogP contribution is -2.09. The summed E-state index contributed by atoms with van der Waals surface area (Å²) in [6.07, 6.45) is 4.43. The molecule has 0 aliphatic rings. The maximum atomic E-state index is 13.7. The van der Waals surface area contributed by atoms with Gasteiger partial charge in [0.25, 0.3) is 0 Å². The van der Waals surface area contributed by atoms with E-state index >= 15 is 0 Å². The van der Waals surface area contributed by atoms with Crippen LogP contribution in [0.1, 0.15) is 11.3 Å². The lowest BCUT2D eigenvalue weighted by molar-refractivity contribution is -0.111. The number of carbonyl (C=O) groups excluding carboxylic acids is 1. The molecule has 1 amide bonds. The van der Waals surface area contributed by atoms with Crippen LogP contribution < -0.4 is 5.32 Å². The molecule has 0 aliphatic carbocycles. The fourth-order valence-corrected chi connectivity index (χ4v) is 2.11. The molecule has 4 nitrogen and oxygen atoms in total. The van der Waals surface area contributed by atoms with Gasteiger partial charge < -0.3 is 5.32 Å². The Morgan fingerprint density at radius 2 is 1.96 bits per heavy atom. The van der Waals surface area contributed by atoms with Gasteiger partial charge in [-0.15, -0.1) is 0 Å². The van der Waals surface area contributed by atoms with Gasteiger partial charge in [0.15, 0.2) is 0 Å². The number of halogens is 1. The number of hydrogen-bond acceptors (Lipinski definition) is 3. The van der Waals surface area contributed by atoms with E-state index in [1.165, 1.54) is 18.2 Å². The first-order chi connectivity index (χ1) is 11.1. The number of para-hydroxylation sites is 2. The van der Waals surface area contributed by atoms with Crippen molar-refractivity contribution in [2.24, 2.45) is 0 Å². The molecule has 0 saturated carbocycles. The van der Waals surface area contributed by atoms with Gasteiger partial charge >= 0.3 is 0 Å². The normalized spacial score (nSPS) is 11.0. The Kier molecular flexibility index (Phi) is 4.10.